The summed E-state index contributed by atoms with van der Waals surface area (Å²) in [6.45, 7) is 15.9. The largest absolute Gasteiger partial charge is 0.394 e. The van der Waals surface area contributed by atoms with Gasteiger partial charge in [-0.25, -0.2) is 0 Å². The molecule has 0 saturated carbocycles. The molecule has 0 amide bonds. The van der Waals surface area contributed by atoms with Gasteiger partial charge < -0.3 is 14.6 Å². The van der Waals surface area contributed by atoms with Crippen LogP contribution in [0.4, 0.5) is 0 Å². The maximum Gasteiger partial charge on any atom is 0.126 e. The van der Waals surface area contributed by atoms with Crippen molar-refractivity contribution in [1.29, 1.82) is 0 Å². The van der Waals surface area contributed by atoms with Crippen molar-refractivity contribution in [3.05, 3.63) is 0 Å². The van der Waals surface area contributed by atoms with Crippen LogP contribution < -0.4 is 0 Å². The van der Waals surface area contributed by atoms with E-state index in [1.807, 2.05) is 6.92 Å². The van der Waals surface area contributed by atoms with Crippen LogP contribution in [0.3, 0.4) is 0 Å². The maximum absolute atomic E-state index is 9.03. The van der Waals surface area contributed by atoms with E-state index >= 15 is 0 Å². The van der Waals surface area contributed by atoms with Crippen molar-refractivity contribution in [3.63, 3.8) is 0 Å². The highest BCUT2D eigenvalue weighted by Gasteiger charge is 2.27. The van der Waals surface area contributed by atoms with Crippen molar-refractivity contribution < 1.29 is 14.6 Å². The molecule has 1 N–H and O–H groups in total. The highest BCUT2D eigenvalue weighted by Crippen LogP contribution is 2.24. The molecule has 0 aliphatic heterocycles. The Balaban J connectivity index is 5.20. The van der Waals surface area contributed by atoms with Gasteiger partial charge in [-0.15, -0.1) is 0 Å². The first kappa shape index (κ1) is 21.4. The normalized spacial score (nSPS) is 17.0. The standard InChI is InChI=1S/C19H36O3/c1-8-12-21-18(6,14-16(2)3)9-10-19(7,15-17(4)5)22-13-11-20/h16-17,20H,8,11-15H2,1-7H3. The lowest BCUT2D eigenvalue weighted by molar-refractivity contribution is -0.0212. The van der Waals surface area contributed by atoms with Crippen molar-refractivity contribution in [3.8, 4) is 11.8 Å². The lowest BCUT2D eigenvalue weighted by Gasteiger charge is -2.29. The van der Waals surface area contributed by atoms with E-state index in [-0.39, 0.29) is 6.61 Å². The highest BCUT2D eigenvalue weighted by molar-refractivity contribution is 5.20. The van der Waals surface area contributed by atoms with E-state index in [4.69, 9.17) is 14.6 Å². The van der Waals surface area contributed by atoms with Crippen LogP contribution in [0.5, 0.6) is 0 Å². The van der Waals surface area contributed by atoms with E-state index in [1.165, 1.54) is 0 Å². The van der Waals surface area contributed by atoms with E-state index in [0.29, 0.717) is 18.4 Å². The summed E-state index contributed by atoms with van der Waals surface area (Å²) in [5, 5.41) is 9.03. The van der Waals surface area contributed by atoms with Gasteiger partial charge in [0.05, 0.1) is 13.2 Å². The summed E-state index contributed by atoms with van der Waals surface area (Å²) in [6.07, 6.45) is 2.73. The first-order valence-corrected chi connectivity index (χ1v) is 8.59. The van der Waals surface area contributed by atoms with E-state index in [0.717, 1.165) is 25.9 Å². The molecule has 0 aliphatic carbocycles. The first-order chi connectivity index (χ1) is 10.2. The van der Waals surface area contributed by atoms with Crippen LogP contribution in [0.15, 0.2) is 0 Å². The molecule has 0 aromatic carbocycles. The second-order valence-corrected chi connectivity index (χ2v) is 7.33. The second-order valence-electron chi connectivity index (χ2n) is 7.33. The minimum atomic E-state index is -0.537. The number of ether oxygens (including phenoxy) is 2. The summed E-state index contributed by atoms with van der Waals surface area (Å²) >= 11 is 0. The summed E-state index contributed by atoms with van der Waals surface area (Å²) < 4.78 is 11.8. The molecule has 3 nitrogen and oxygen atoms in total. The van der Waals surface area contributed by atoms with Gasteiger partial charge in [0.25, 0.3) is 0 Å². The summed E-state index contributed by atoms with van der Waals surface area (Å²) in [5.41, 5.74) is -0.976. The van der Waals surface area contributed by atoms with Crippen LogP contribution in [-0.2, 0) is 9.47 Å². The van der Waals surface area contributed by atoms with Gasteiger partial charge in [-0.3, -0.25) is 0 Å². The van der Waals surface area contributed by atoms with Gasteiger partial charge in [-0.1, -0.05) is 46.5 Å². The molecule has 0 rings (SSSR count). The number of hydrogen-bond donors (Lipinski definition) is 1. The zero-order valence-corrected chi connectivity index (χ0v) is 15.7. The maximum atomic E-state index is 9.03. The second kappa shape index (κ2) is 10.3. The smallest absolute Gasteiger partial charge is 0.126 e. The van der Waals surface area contributed by atoms with Gasteiger partial charge in [-0.2, -0.15) is 0 Å². The predicted octanol–water partition coefficient (Wildman–Crippen LogP) is 4.03. The third kappa shape index (κ3) is 9.46. The van der Waals surface area contributed by atoms with Crippen molar-refractivity contribution in [1.82, 2.24) is 0 Å². The molecular weight excluding hydrogens is 276 g/mol. The molecule has 22 heavy (non-hydrogen) atoms. The van der Waals surface area contributed by atoms with Gasteiger partial charge in [0.15, 0.2) is 0 Å². The Morgan fingerprint density at radius 1 is 0.864 bits per heavy atom. The summed E-state index contributed by atoms with van der Waals surface area (Å²) in [5.74, 6) is 7.64. The summed E-state index contributed by atoms with van der Waals surface area (Å²) in [7, 11) is 0. The molecule has 0 spiro atoms. The predicted molar refractivity (Wildman–Crippen MR) is 92.8 cm³/mol. The minimum Gasteiger partial charge on any atom is -0.394 e. The van der Waals surface area contributed by atoms with E-state index in [1.54, 1.807) is 0 Å². The average molecular weight is 312 g/mol. The molecule has 2 unspecified atom stereocenters. The summed E-state index contributed by atoms with van der Waals surface area (Å²) in [4.78, 5) is 0. The van der Waals surface area contributed by atoms with Crippen LogP contribution >= 0.6 is 0 Å². The van der Waals surface area contributed by atoms with E-state index < -0.39 is 11.2 Å². The Kier molecular flexibility index (Phi) is 10.00. The quantitative estimate of drug-likeness (QED) is 0.619. The van der Waals surface area contributed by atoms with Gasteiger partial charge >= 0.3 is 0 Å². The molecule has 0 saturated heterocycles. The molecule has 0 aromatic rings. The van der Waals surface area contributed by atoms with E-state index in [2.05, 4.69) is 53.4 Å². The van der Waals surface area contributed by atoms with Crippen LogP contribution in [0, 0.1) is 23.7 Å². The zero-order valence-electron chi connectivity index (χ0n) is 15.7. The van der Waals surface area contributed by atoms with Gasteiger partial charge in [0.2, 0.25) is 0 Å². The Morgan fingerprint density at radius 2 is 1.27 bits per heavy atom. The molecule has 130 valence electrons. The van der Waals surface area contributed by atoms with Crippen LogP contribution in [0.1, 0.15) is 67.7 Å². The van der Waals surface area contributed by atoms with Crippen molar-refractivity contribution in [2.75, 3.05) is 19.8 Å². The third-order valence-corrected chi connectivity index (χ3v) is 3.32. The van der Waals surface area contributed by atoms with Crippen LogP contribution in [0.2, 0.25) is 0 Å². The number of hydrogen-bond acceptors (Lipinski definition) is 3. The Hall–Kier alpha value is -0.560. The number of aliphatic hydroxyl groups is 1. The Labute approximate surface area is 137 Å². The number of aliphatic hydroxyl groups excluding tert-OH is 1. The third-order valence-electron chi connectivity index (χ3n) is 3.32. The Morgan fingerprint density at radius 3 is 1.59 bits per heavy atom. The molecule has 0 radical (unpaired) electrons. The fraction of sp³-hybridized carbons (Fsp3) is 0.895. The first-order valence-electron chi connectivity index (χ1n) is 8.59. The van der Waals surface area contributed by atoms with Gasteiger partial charge in [0.1, 0.15) is 11.2 Å². The monoisotopic (exact) mass is 312 g/mol. The molecule has 0 fully saturated rings. The molecular formula is C19H36O3. The lowest BCUT2D eigenvalue weighted by Crippen LogP contribution is -2.33. The zero-order chi connectivity index (χ0) is 17.2. The van der Waals surface area contributed by atoms with E-state index in [9.17, 15) is 0 Å². The van der Waals surface area contributed by atoms with Crippen molar-refractivity contribution in [2.24, 2.45) is 11.8 Å². The molecule has 3 heteroatoms. The van der Waals surface area contributed by atoms with Crippen LogP contribution in [0.25, 0.3) is 0 Å². The molecule has 0 heterocycles. The minimum absolute atomic E-state index is 0.0188. The Bertz CT molecular complexity index is 321. The average Bonchev–Trinajstić information content (AvgIpc) is 2.40. The van der Waals surface area contributed by atoms with Crippen LogP contribution in [-0.4, -0.2) is 36.1 Å². The SMILES string of the molecule is CCCOC(C)(C#CC(C)(CC(C)C)OCCO)CC(C)C. The number of rotatable bonds is 10. The lowest BCUT2D eigenvalue weighted by atomic mass is 9.90. The highest BCUT2D eigenvalue weighted by atomic mass is 16.5. The van der Waals surface area contributed by atoms with Gasteiger partial charge in [-0.05, 0) is 44.9 Å². The van der Waals surface area contributed by atoms with Gasteiger partial charge in [0, 0.05) is 6.61 Å². The topological polar surface area (TPSA) is 38.7 Å². The molecule has 0 aliphatic rings. The molecule has 2 atom stereocenters. The molecule has 0 aromatic heterocycles. The summed E-state index contributed by atoms with van der Waals surface area (Å²) in [6, 6.07) is 0. The van der Waals surface area contributed by atoms with Crippen molar-refractivity contribution >= 4 is 0 Å². The van der Waals surface area contributed by atoms with Crippen molar-refractivity contribution in [2.45, 2.75) is 78.9 Å². The molecule has 0 bridgehead atoms. The fourth-order valence-corrected chi connectivity index (χ4v) is 2.71. The fourth-order valence-electron chi connectivity index (χ4n) is 2.71.